The topological polar surface area (TPSA) is 55.1 Å². The summed E-state index contributed by atoms with van der Waals surface area (Å²) in [5.74, 6) is -0.155. The van der Waals surface area contributed by atoms with Crippen molar-refractivity contribution in [2.24, 2.45) is 0 Å². The van der Waals surface area contributed by atoms with Gasteiger partial charge in [-0.05, 0) is 81.0 Å². The molecule has 92 valence electrons. The lowest BCUT2D eigenvalue weighted by Crippen LogP contribution is -2.12. The van der Waals surface area contributed by atoms with Crippen LogP contribution in [0.1, 0.15) is 10.4 Å². The molecule has 0 unspecified atom stereocenters. The molecule has 3 nitrogen and oxygen atoms in total. The Bertz CT molecular complexity index is 584. The highest BCUT2D eigenvalue weighted by Gasteiger charge is 2.08. The molecule has 0 aliphatic heterocycles. The minimum atomic E-state index is -0.155. The third-order valence-corrected chi connectivity index (χ3v) is 3.76. The first-order valence-corrected chi connectivity index (χ1v) is 7.05. The second-order valence-corrected chi connectivity index (χ2v) is 5.80. The summed E-state index contributed by atoms with van der Waals surface area (Å²) in [6.07, 6.45) is 0. The molecule has 2 aromatic carbocycles. The Morgan fingerprint density at radius 2 is 1.83 bits per heavy atom. The first-order valence-electron chi connectivity index (χ1n) is 5.18. The van der Waals surface area contributed by atoms with Crippen molar-refractivity contribution in [1.82, 2.24) is 0 Å². The summed E-state index contributed by atoms with van der Waals surface area (Å²) in [5, 5.41) is 2.82. The number of carbonyl (C=O) groups is 1. The Labute approximate surface area is 127 Å². The number of amides is 1. The Morgan fingerprint density at radius 3 is 2.50 bits per heavy atom. The number of carbonyl (C=O) groups excluding carboxylic acids is 1. The number of nitrogen functional groups attached to an aromatic ring is 1. The number of nitrogens with one attached hydrogen (secondary N) is 1. The Balaban J connectivity index is 2.21. The van der Waals surface area contributed by atoms with Crippen molar-refractivity contribution < 1.29 is 4.79 Å². The van der Waals surface area contributed by atoms with Crippen LogP contribution >= 0.6 is 38.5 Å². The molecular formula is C13H10BrIN2O. The van der Waals surface area contributed by atoms with Crippen LogP contribution in [0.2, 0.25) is 0 Å². The lowest BCUT2D eigenvalue weighted by molar-refractivity contribution is 0.102. The number of nitrogens with two attached hydrogens (primary N) is 1. The summed E-state index contributed by atoms with van der Waals surface area (Å²) in [6, 6.07) is 12.7. The molecule has 1 amide bonds. The Kier molecular flexibility index (Phi) is 4.23. The van der Waals surface area contributed by atoms with Crippen LogP contribution in [0.15, 0.2) is 46.9 Å². The molecular weight excluding hydrogens is 407 g/mol. The van der Waals surface area contributed by atoms with E-state index in [-0.39, 0.29) is 5.91 Å². The van der Waals surface area contributed by atoms with Gasteiger partial charge in [0.1, 0.15) is 0 Å². The summed E-state index contributed by atoms with van der Waals surface area (Å²) in [7, 11) is 0. The molecule has 0 fully saturated rings. The maximum absolute atomic E-state index is 12.0. The van der Waals surface area contributed by atoms with E-state index in [0.717, 1.165) is 8.04 Å². The zero-order valence-electron chi connectivity index (χ0n) is 9.28. The molecule has 5 heteroatoms. The largest absolute Gasteiger partial charge is 0.399 e. The number of hydrogen-bond acceptors (Lipinski definition) is 2. The smallest absolute Gasteiger partial charge is 0.255 e. The molecule has 18 heavy (non-hydrogen) atoms. The van der Waals surface area contributed by atoms with Crippen LogP contribution in [0.4, 0.5) is 11.4 Å². The van der Waals surface area contributed by atoms with E-state index in [1.807, 2.05) is 12.1 Å². The average molecular weight is 417 g/mol. The van der Waals surface area contributed by atoms with Gasteiger partial charge in [0.05, 0.1) is 5.69 Å². The monoisotopic (exact) mass is 416 g/mol. The SMILES string of the molecule is Nc1ccc(Br)c(NC(=O)c2ccc(I)cc2)c1. The van der Waals surface area contributed by atoms with E-state index in [1.165, 1.54) is 0 Å². The van der Waals surface area contributed by atoms with Crippen molar-refractivity contribution >= 4 is 55.8 Å². The quantitative estimate of drug-likeness (QED) is 0.576. The van der Waals surface area contributed by atoms with Crippen LogP contribution in [-0.2, 0) is 0 Å². The highest BCUT2D eigenvalue weighted by molar-refractivity contribution is 14.1. The van der Waals surface area contributed by atoms with Crippen molar-refractivity contribution in [3.8, 4) is 0 Å². The van der Waals surface area contributed by atoms with Crippen molar-refractivity contribution in [3.05, 3.63) is 56.1 Å². The number of benzene rings is 2. The van der Waals surface area contributed by atoms with Gasteiger partial charge in [-0.2, -0.15) is 0 Å². The molecule has 0 radical (unpaired) electrons. The molecule has 2 rings (SSSR count). The van der Waals surface area contributed by atoms with Gasteiger partial charge >= 0.3 is 0 Å². The van der Waals surface area contributed by atoms with Gasteiger partial charge in [0.15, 0.2) is 0 Å². The molecule has 0 saturated carbocycles. The molecule has 0 spiro atoms. The molecule has 0 bridgehead atoms. The highest BCUT2D eigenvalue weighted by Crippen LogP contribution is 2.25. The molecule has 0 heterocycles. The fraction of sp³-hybridized carbons (Fsp3) is 0. The minimum absolute atomic E-state index is 0.155. The average Bonchev–Trinajstić information content (AvgIpc) is 2.34. The van der Waals surface area contributed by atoms with Crippen molar-refractivity contribution in [3.63, 3.8) is 0 Å². The molecule has 0 atom stereocenters. The second-order valence-electron chi connectivity index (χ2n) is 3.70. The van der Waals surface area contributed by atoms with Gasteiger partial charge in [0.2, 0.25) is 0 Å². The van der Waals surface area contributed by atoms with Gasteiger partial charge in [-0.25, -0.2) is 0 Å². The summed E-state index contributed by atoms with van der Waals surface area (Å²) < 4.78 is 1.89. The van der Waals surface area contributed by atoms with Gasteiger partial charge in [0, 0.05) is 19.3 Å². The summed E-state index contributed by atoms with van der Waals surface area (Å²) in [4.78, 5) is 12.0. The van der Waals surface area contributed by atoms with Crippen LogP contribution < -0.4 is 11.1 Å². The maximum atomic E-state index is 12.0. The standard InChI is InChI=1S/C13H10BrIN2O/c14-11-6-5-10(16)7-12(11)17-13(18)8-1-3-9(15)4-2-8/h1-7H,16H2,(H,17,18). The number of halogens is 2. The molecule has 2 aromatic rings. The first-order chi connectivity index (χ1) is 8.56. The van der Waals surface area contributed by atoms with E-state index in [1.54, 1.807) is 30.3 Å². The lowest BCUT2D eigenvalue weighted by atomic mass is 10.2. The van der Waals surface area contributed by atoms with E-state index < -0.39 is 0 Å². The number of hydrogen-bond donors (Lipinski definition) is 2. The lowest BCUT2D eigenvalue weighted by Gasteiger charge is -2.08. The molecule has 3 N–H and O–H groups in total. The third kappa shape index (κ3) is 3.23. The fourth-order valence-electron chi connectivity index (χ4n) is 1.43. The predicted molar refractivity (Wildman–Crippen MR) is 85.7 cm³/mol. The summed E-state index contributed by atoms with van der Waals surface area (Å²) in [6.45, 7) is 0. The Morgan fingerprint density at radius 1 is 1.17 bits per heavy atom. The van der Waals surface area contributed by atoms with Gasteiger partial charge in [-0.15, -0.1) is 0 Å². The van der Waals surface area contributed by atoms with Crippen molar-refractivity contribution in [2.45, 2.75) is 0 Å². The van der Waals surface area contributed by atoms with Crippen molar-refractivity contribution in [1.29, 1.82) is 0 Å². The van der Waals surface area contributed by atoms with Gasteiger partial charge in [0.25, 0.3) is 5.91 Å². The number of anilines is 2. The van der Waals surface area contributed by atoms with E-state index in [2.05, 4.69) is 43.8 Å². The number of rotatable bonds is 2. The predicted octanol–water partition coefficient (Wildman–Crippen LogP) is 3.89. The fourth-order valence-corrected chi connectivity index (χ4v) is 2.14. The second kappa shape index (κ2) is 5.71. The zero-order valence-corrected chi connectivity index (χ0v) is 13.0. The molecule has 0 aromatic heterocycles. The van der Waals surface area contributed by atoms with E-state index in [9.17, 15) is 4.79 Å². The van der Waals surface area contributed by atoms with E-state index in [4.69, 9.17) is 5.73 Å². The van der Waals surface area contributed by atoms with Crippen molar-refractivity contribution in [2.75, 3.05) is 11.1 Å². The van der Waals surface area contributed by atoms with Crippen LogP contribution in [0.3, 0.4) is 0 Å². The normalized spacial score (nSPS) is 10.1. The van der Waals surface area contributed by atoms with E-state index in [0.29, 0.717) is 16.9 Å². The van der Waals surface area contributed by atoms with Gasteiger partial charge in [-0.3, -0.25) is 4.79 Å². The van der Waals surface area contributed by atoms with Gasteiger partial charge < -0.3 is 11.1 Å². The van der Waals surface area contributed by atoms with Gasteiger partial charge in [-0.1, -0.05) is 0 Å². The van der Waals surface area contributed by atoms with E-state index >= 15 is 0 Å². The first kappa shape index (κ1) is 13.4. The molecule has 0 aliphatic carbocycles. The highest BCUT2D eigenvalue weighted by atomic mass is 127. The Hall–Kier alpha value is -1.08. The van der Waals surface area contributed by atoms with Crippen LogP contribution in [0, 0.1) is 3.57 Å². The van der Waals surface area contributed by atoms with Crippen LogP contribution in [0.5, 0.6) is 0 Å². The maximum Gasteiger partial charge on any atom is 0.255 e. The summed E-state index contributed by atoms with van der Waals surface area (Å²) >= 11 is 5.57. The van der Waals surface area contributed by atoms with Crippen LogP contribution in [-0.4, -0.2) is 5.91 Å². The summed E-state index contributed by atoms with van der Waals surface area (Å²) in [5.41, 5.74) is 7.58. The molecule has 0 saturated heterocycles. The molecule has 0 aliphatic rings. The minimum Gasteiger partial charge on any atom is -0.399 e. The van der Waals surface area contributed by atoms with Crippen LogP contribution in [0.25, 0.3) is 0 Å². The zero-order chi connectivity index (χ0) is 13.1. The third-order valence-electron chi connectivity index (χ3n) is 2.35.